The number of carboxylic acid groups (broad SMARTS) is 1. The van der Waals surface area contributed by atoms with Gasteiger partial charge < -0.3 is 15.6 Å². The fourth-order valence-corrected chi connectivity index (χ4v) is 1.67. The van der Waals surface area contributed by atoms with Gasteiger partial charge in [0.1, 0.15) is 6.04 Å². The summed E-state index contributed by atoms with van der Waals surface area (Å²) in [5.41, 5.74) is 7.78. The molecule has 0 saturated carbocycles. The predicted molar refractivity (Wildman–Crippen MR) is 61.8 cm³/mol. The number of aryl methyl sites for hydroxylation is 2. The van der Waals surface area contributed by atoms with Gasteiger partial charge in [-0.05, 0) is 36.6 Å². The molecule has 3 N–H and O–H groups in total. The van der Waals surface area contributed by atoms with E-state index in [1.165, 1.54) is 13.2 Å². The highest BCUT2D eigenvalue weighted by Gasteiger charge is 2.20. The molecule has 0 aliphatic carbocycles. The van der Waals surface area contributed by atoms with Crippen molar-refractivity contribution in [1.82, 2.24) is 0 Å². The summed E-state index contributed by atoms with van der Waals surface area (Å²) in [5, 5.41) is 8.87. The smallest absolute Gasteiger partial charge is 0.338 e. The molecule has 17 heavy (non-hydrogen) atoms. The molecule has 5 nitrogen and oxygen atoms in total. The molecule has 0 aromatic heterocycles. The second-order valence-corrected chi connectivity index (χ2v) is 3.83. The Kier molecular flexibility index (Phi) is 3.85. The third-order valence-electron chi connectivity index (χ3n) is 2.62. The third kappa shape index (κ3) is 2.62. The summed E-state index contributed by atoms with van der Waals surface area (Å²) < 4.78 is 4.62. The zero-order valence-electron chi connectivity index (χ0n) is 9.98. The van der Waals surface area contributed by atoms with Crippen LogP contribution in [-0.2, 0) is 9.53 Å². The Morgan fingerprint density at radius 1 is 1.29 bits per heavy atom. The van der Waals surface area contributed by atoms with Gasteiger partial charge in [-0.3, -0.25) is 4.79 Å². The number of carbonyl (C=O) groups is 2. The quantitative estimate of drug-likeness (QED) is 0.770. The van der Waals surface area contributed by atoms with E-state index < -0.39 is 18.0 Å². The summed E-state index contributed by atoms with van der Waals surface area (Å²) >= 11 is 0. The lowest BCUT2D eigenvalue weighted by molar-refractivity contribution is -0.138. The van der Waals surface area contributed by atoms with E-state index in [1.807, 2.05) is 0 Å². The van der Waals surface area contributed by atoms with Crippen LogP contribution in [0.2, 0.25) is 0 Å². The number of esters is 1. The normalized spacial score (nSPS) is 12.0. The summed E-state index contributed by atoms with van der Waals surface area (Å²) in [6.07, 6.45) is 0. The molecule has 1 aromatic carbocycles. The van der Waals surface area contributed by atoms with E-state index in [1.54, 1.807) is 19.9 Å². The van der Waals surface area contributed by atoms with E-state index in [0.717, 1.165) is 11.1 Å². The van der Waals surface area contributed by atoms with Gasteiger partial charge in [-0.15, -0.1) is 0 Å². The lowest BCUT2D eigenvalue weighted by Gasteiger charge is -2.13. The Hall–Kier alpha value is -1.88. The minimum Gasteiger partial charge on any atom is -0.480 e. The number of hydrogen-bond acceptors (Lipinski definition) is 4. The first-order valence-electron chi connectivity index (χ1n) is 5.06. The molecule has 1 aromatic rings. The van der Waals surface area contributed by atoms with Crippen LogP contribution in [0.3, 0.4) is 0 Å². The van der Waals surface area contributed by atoms with E-state index in [-0.39, 0.29) is 0 Å². The molecule has 0 aliphatic rings. The molecule has 0 heterocycles. The Balaban J connectivity index is 3.33. The molecule has 1 unspecified atom stereocenters. The molecular formula is C12H15NO4. The average molecular weight is 237 g/mol. The number of carbonyl (C=O) groups excluding carboxylic acids is 1. The van der Waals surface area contributed by atoms with Gasteiger partial charge in [0.15, 0.2) is 0 Å². The van der Waals surface area contributed by atoms with Crippen molar-refractivity contribution in [3.8, 4) is 0 Å². The van der Waals surface area contributed by atoms with E-state index in [9.17, 15) is 9.59 Å². The van der Waals surface area contributed by atoms with Crippen LogP contribution < -0.4 is 5.73 Å². The molecule has 5 heteroatoms. The maximum atomic E-state index is 11.5. The molecule has 0 bridgehead atoms. The largest absolute Gasteiger partial charge is 0.480 e. The summed E-state index contributed by atoms with van der Waals surface area (Å²) in [7, 11) is 1.28. The van der Waals surface area contributed by atoms with Crippen molar-refractivity contribution in [2.45, 2.75) is 19.9 Å². The van der Waals surface area contributed by atoms with E-state index in [0.29, 0.717) is 11.1 Å². The van der Waals surface area contributed by atoms with E-state index in [4.69, 9.17) is 10.8 Å². The Labute approximate surface area is 99.2 Å². The number of ether oxygens (including phenoxy) is 1. The molecule has 0 aliphatic heterocycles. The summed E-state index contributed by atoms with van der Waals surface area (Å²) in [4.78, 5) is 22.3. The first kappa shape index (κ1) is 13.2. The van der Waals surface area contributed by atoms with Crippen LogP contribution in [0.1, 0.15) is 33.1 Å². The fraction of sp³-hybridized carbons (Fsp3) is 0.333. The minimum absolute atomic E-state index is 0.338. The topological polar surface area (TPSA) is 89.6 Å². The van der Waals surface area contributed by atoms with Crippen LogP contribution in [0, 0.1) is 13.8 Å². The molecule has 0 spiro atoms. The van der Waals surface area contributed by atoms with Gasteiger partial charge in [-0.1, -0.05) is 6.07 Å². The number of methoxy groups -OCH3 is 1. The van der Waals surface area contributed by atoms with Crippen molar-refractivity contribution >= 4 is 11.9 Å². The number of aliphatic carboxylic acids is 1. The average Bonchev–Trinajstić information content (AvgIpc) is 2.27. The standard InChI is InChI=1S/C12H15NO4/c1-6-4-7(2)9(12(16)17-3)5-8(6)10(13)11(14)15/h4-5,10H,13H2,1-3H3,(H,14,15). The first-order valence-corrected chi connectivity index (χ1v) is 5.06. The highest BCUT2D eigenvalue weighted by molar-refractivity contribution is 5.92. The van der Waals surface area contributed by atoms with E-state index >= 15 is 0 Å². The fourth-order valence-electron chi connectivity index (χ4n) is 1.67. The van der Waals surface area contributed by atoms with Gasteiger partial charge in [0, 0.05) is 0 Å². The van der Waals surface area contributed by atoms with Crippen LogP contribution in [0.4, 0.5) is 0 Å². The second-order valence-electron chi connectivity index (χ2n) is 3.83. The van der Waals surface area contributed by atoms with Crippen LogP contribution in [0.5, 0.6) is 0 Å². The van der Waals surface area contributed by atoms with Crippen molar-refractivity contribution in [1.29, 1.82) is 0 Å². The lowest BCUT2D eigenvalue weighted by atomic mass is 9.95. The lowest BCUT2D eigenvalue weighted by Crippen LogP contribution is -2.22. The van der Waals surface area contributed by atoms with Crippen LogP contribution in [0.25, 0.3) is 0 Å². The Bertz CT molecular complexity index is 468. The van der Waals surface area contributed by atoms with Gasteiger partial charge in [0.25, 0.3) is 0 Å². The zero-order chi connectivity index (χ0) is 13.2. The molecule has 0 fully saturated rings. The number of rotatable bonds is 3. The zero-order valence-corrected chi connectivity index (χ0v) is 9.98. The predicted octanol–water partition coefficient (Wildman–Crippen LogP) is 1.17. The highest BCUT2D eigenvalue weighted by Crippen LogP contribution is 2.21. The monoisotopic (exact) mass is 237 g/mol. The molecule has 0 radical (unpaired) electrons. The van der Waals surface area contributed by atoms with Gasteiger partial charge in [-0.25, -0.2) is 4.79 Å². The van der Waals surface area contributed by atoms with Gasteiger partial charge in [0.05, 0.1) is 12.7 Å². The Morgan fingerprint density at radius 3 is 2.35 bits per heavy atom. The molecule has 1 rings (SSSR count). The molecule has 0 saturated heterocycles. The first-order chi connectivity index (χ1) is 7.88. The number of benzene rings is 1. The minimum atomic E-state index is -1.14. The molecular weight excluding hydrogens is 222 g/mol. The van der Waals surface area contributed by atoms with Crippen molar-refractivity contribution < 1.29 is 19.4 Å². The van der Waals surface area contributed by atoms with Gasteiger partial charge in [0.2, 0.25) is 0 Å². The summed E-state index contributed by atoms with van der Waals surface area (Å²) in [6, 6.07) is 2.07. The maximum Gasteiger partial charge on any atom is 0.338 e. The third-order valence-corrected chi connectivity index (χ3v) is 2.62. The summed E-state index contributed by atoms with van der Waals surface area (Å²) in [6.45, 7) is 3.52. The SMILES string of the molecule is COC(=O)c1cc(C(N)C(=O)O)c(C)cc1C. The van der Waals surface area contributed by atoms with Crippen molar-refractivity contribution in [3.05, 3.63) is 34.4 Å². The Morgan fingerprint density at radius 2 is 1.88 bits per heavy atom. The molecule has 92 valence electrons. The van der Waals surface area contributed by atoms with Crippen molar-refractivity contribution in [2.24, 2.45) is 5.73 Å². The molecule has 0 amide bonds. The second kappa shape index (κ2) is 4.97. The molecule has 1 atom stereocenters. The van der Waals surface area contributed by atoms with Crippen LogP contribution in [-0.4, -0.2) is 24.2 Å². The maximum absolute atomic E-state index is 11.5. The summed E-state index contributed by atoms with van der Waals surface area (Å²) in [5.74, 6) is -1.63. The van der Waals surface area contributed by atoms with Gasteiger partial charge in [-0.2, -0.15) is 0 Å². The number of hydrogen-bond donors (Lipinski definition) is 2. The van der Waals surface area contributed by atoms with Gasteiger partial charge >= 0.3 is 11.9 Å². The number of carboxylic acids is 1. The van der Waals surface area contributed by atoms with Crippen LogP contribution >= 0.6 is 0 Å². The van der Waals surface area contributed by atoms with E-state index in [2.05, 4.69) is 4.74 Å². The van der Waals surface area contributed by atoms with Crippen molar-refractivity contribution in [2.75, 3.05) is 7.11 Å². The van der Waals surface area contributed by atoms with Crippen molar-refractivity contribution in [3.63, 3.8) is 0 Å². The number of nitrogens with two attached hydrogens (primary N) is 1. The highest BCUT2D eigenvalue weighted by atomic mass is 16.5. The van der Waals surface area contributed by atoms with Crippen LogP contribution in [0.15, 0.2) is 12.1 Å².